The Morgan fingerprint density at radius 3 is 1.19 bits per heavy atom. The van der Waals surface area contributed by atoms with Crippen molar-refractivity contribution in [3.05, 3.63) is 0 Å². The molecule has 0 saturated heterocycles. The van der Waals surface area contributed by atoms with Crippen LogP contribution in [0.4, 0.5) is 0 Å². The lowest BCUT2D eigenvalue weighted by Crippen LogP contribution is -2.09. The molecule has 0 unspecified atom stereocenters. The van der Waals surface area contributed by atoms with E-state index in [-0.39, 0.29) is 18.1 Å². The highest BCUT2D eigenvalue weighted by Gasteiger charge is 2.12. The number of carbonyl (C=O) groups is 2. The standard InChI is InChI=1S/C28H54O3/c1-3-4-5-6-7-8-9-10-11-12-13-14-15-16-17-18-19-20-21-22-23-27(29)24-26(2)25-28(30)31/h26H,3-25H2,1-2H3,(H,30,31)/t26-/m1/s1. The van der Waals surface area contributed by atoms with Crippen molar-refractivity contribution >= 4 is 11.8 Å². The van der Waals surface area contributed by atoms with Crippen LogP contribution in [-0.2, 0) is 9.59 Å². The fourth-order valence-electron chi connectivity index (χ4n) is 4.44. The van der Waals surface area contributed by atoms with E-state index in [1.807, 2.05) is 6.92 Å². The van der Waals surface area contributed by atoms with Crippen LogP contribution in [0.3, 0.4) is 0 Å². The molecule has 0 aliphatic heterocycles. The van der Waals surface area contributed by atoms with Crippen LogP contribution >= 0.6 is 0 Å². The van der Waals surface area contributed by atoms with E-state index < -0.39 is 5.97 Å². The minimum atomic E-state index is -0.806. The molecule has 0 amide bonds. The van der Waals surface area contributed by atoms with Gasteiger partial charge in [-0.3, -0.25) is 9.59 Å². The molecule has 0 aliphatic carbocycles. The van der Waals surface area contributed by atoms with Gasteiger partial charge in [0.15, 0.2) is 0 Å². The van der Waals surface area contributed by atoms with Crippen LogP contribution in [0, 0.1) is 5.92 Å². The topological polar surface area (TPSA) is 54.4 Å². The van der Waals surface area contributed by atoms with E-state index in [9.17, 15) is 9.59 Å². The molecule has 0 aromatic rings. The average Bonchev–Trinajstić information content (AvgIpc) is 2.71. The first-order valence-corrected chi connectivity index (χ1v) is 13.8. The van der Waals surface area contributed by atoms with Gasteiger partial charge in [0.25, 0.3) is 0 Å². The van der Waals surface area contributed by atoms with Gasteiger partial charge in [-0.2, -0.15) is 0 Å². The van der Waals surface area contributed by atoms with Gasteiger partial charge < -0.3 is 5.11 Å². The van der Waals surface area contributed by atoms with Crippen LogP contribution in [0.2, 0.25) is 0 Å². The first kappa shape index (κ1) is 30.1. The zero-order valence-electron chi connectivity index (χ0n) is 21.1. The molecule has 0 aliphatic rings. The molecule has 0 aromatic heterocycles. The number of carboxylic acid groups (broad SMARTS) is 1. The van der Waals surface area contributed by atoms with Gasteiger partial charge in [-0.15, -0.1) is 0 Å². The molecule has 0 saturated carbocycles. The molecule has 31 heavy (non-hydrogen) atoms. The molecule has 0 spiro atoms. The van der Waals surface area contributed by atoms with Crippen molar-refractivity contribution in [1.82, 2.24) is 0 Å². The van der Waals surface area contributed by atoms with Crippen molar-refractivity contribution in [2.45, 2.75) is 162 Å². The molecule has 0 radical (unpaired) electrons. The summed E-state index contributed by atoms with van der Waals surface area (Å²) in [4.78, 5) is 22.5. The van der Waals surface area contributed by atoms with Crippen LogP contribution in [0.1, 0.15) is 162 Å². The van der Waals surface area contributed by atoms with Crippen LogP contribution in [0.15, 0.2) is 0 Å². The van der Waals surface area contributed by atoms with Gasteiger partial charge >= 0.3 is 5.97 Å². The highest BCUT2D eigenvalue weighted by Crippen LogP contribution is 2.16. The number of carboxylic acids is 1. The number of hydrogen-bond acceptors (Lipinski definition) is 2. The second-order valence-corrected chi connectivity index (χ2v) is 9.91. The molecule has 0 rings (SSSR count). The fourth-order valence-corrected chi connectivity index (χ4v) is 4.44. The number of carbonyl (C=O) groups excluding carboxylic acids is 1. The number of ketones is 1. The predicted molar refractivity (Wildman–Crippen MR) is 134 cm³/mol. The Hall–Kier alpha value is -0.860. The Kier molecular flexibility index (Phi) is 23.1. The summed E-state index contributed by atoms with van der Waals surface area (Å²) in [5.41, 5.74) is 0. The number of rotatable bonds is 25. The first-order valence-electron chi connectivity index (χ1n) is 13.8. The third kappa shape index (κ3) is 25.3. The average molecular weight is 439 g/mol. The second-order valence-electron chi connectivity index (χ2n) is 9.91. The molecular weight excluding hydrogens is 384 g/mol. The van der Waals surface area contributed by atoms with Gasteiger partial charge in [-0.05, 0) is 12.3 Å². The lowest BCUT2D eigenvalue weighted by atomic mass is 9.98. The van der Waals surface area contributed by atoms with Gasteiger partial charge in [-0.25, -0.2) is 0 Å². The lowest BCUT2D eigenvalue weighted by Gasteiger charge is -2.07. The smallest absolute Gasteiger partial charge is 0.303 e. The summed E-state index contributed by atoms with van der Waals surface area (Å²) in [5.74, 6) is -0.606. The number of aliphatic carboxylic acids is 1. The number of Topliss-reactive ketones (excluding diaryl/α,β-unsaturated/α-hetero) is 1. The Morgan fingerprint density at radius 1 is 0.548 bits per heavy atom. The molecule has 0 aromatic carbocycles. The monoisotopic (exact) mass is 438 g/mol. The third-order valence-electron chi connectivity index (χ3n) is 6.41. The van der Waals surface area contributed by atoms with E-state index >= 15 is 0 Å². The molecule has 0 fully saturated rings. The summed E-state index contributed by atoms with van der Waals surface area (Å²) in [6, 6.07) is 0. The minimum absolute atomic E-state index is 0.0323. The van der Waals surface area contributed by atoms with E-state index in [4.69, 9.17) is 5.11 Å². The van der Waals surface area contributed by atoms with Gasteiger partial charge in [-0.1, -0.05) is 136 Å². The van der Waals surface area contributed by atoms with Crippen LogP contribution in [0.25, 0.3) is 0 Å². The Labute approximate surface area is 194 Å². The summed E-state index contributed by atoms with van der Waals surface area (Å²) in [5, 5.41) is 8.74. The SMILES string of the molecule is CCCCCCCCCCCCCCCCCCCCCCC(=O)C[C@@H](C)CC(=O)O. The van der Waals surface area contributed by atoms with Crippen molar-refractivity contribution in [3.8, 4) is 0 Å². The van der Waals surface area contributed by atoms with Gasteiger partial charge in [0.2, 0.25) is 0 Å². The van der Waals surface area contributed by atoms with E-state index in [1.165, 1.54) is 116 Å². The van der Waals surface area contributed by atoms with Crippen LogP contribution in [0.5, 0.6) is 0 Å². The summed E-state index contributed by atoms with van der Waals surface area (Å²) in [6.45, 7) is 4.13. The number of hydrogen-bond donors (Lipinski definition) is 1. The summed E-state index contributed by atoms with van der Waals surface area (Å²) in [7, 11) is 0. The first-order chi connectivity index (χ1) is 15.1. The Bertz CT molecular complexity index is 405. The van der Waals surface area contributed by atoms with Crippen molar-refractivity contribution in [2.75, 3.05) is 0 Å². The number of unbranched alkanes of at least 4 members (excludes halogenated alkanes) is 19. The molecule has 1 atom stereocenters. The van der Waals surface area contributed by atoms with Gasteiger partial charge in [0.1, 0.15) is 5.78 Å². The molecule has 184 valence electrons. The van der Waals surface area contributed by atoms with E-state index in [0.29, 0.717) is 12.8 Å². The minimum Gasteiger partial charge on any atom is -0.481 e. The molecule has 1 N–H and O–H groups in total. The Morgan fingerprint density at radius 2 is 0.871 bits per heavy atom. The van der Waals surface area contributed by atoms with Gasteiger partial charge in [0.05, 0.1) is 0 Å². The second kappa shape index (κ2) is 23.8. The normalized spacial score (nSPS) is 12.2. The van der Waals surface area contributed by atoms with Crippen LogP contribution < -0.4 is 0 Å². The van der Waals surface area contributed by atoms with Crippen molar-refractivity contribution < 1.29 is 14.7 Å². The van der Waals surface area contributed by atoms with E-state index in [1.54, 1.807) is 0 Å². The van der Waals surface area contributed by atoms with Crippen molar-refractivity contribution in [1.29, 1.82) is 0 Å². The maximum Gasteiger partial charge on any atom is 0.303 e. The molecule has 0 bridgehead atoms. The summed E-state index contributed by atoms with van der Waals surface area (Å²) >= 11 is 0. The largest absolute Gasteiger partial charge is 0.481 e. The van der Waals surface area contributed by atoms with Crippen molar-refractivity contribution in [3.63, 3.8) is 0 Å². The van der Waals surface area contributed by atoms with E-state index in [2.05, 4.69) is 6.92 Å². The predicted octanol–water partition coefficient (Wildman–Crippen LogP) is 9.27. The zero-order valence-corrected chi connectivity index (χ0v) is 21.1. The molecule has 3 nitrogen and oxygen atoms in total. The summed E-state index contributed by atoms with van der Waals surface area (Å²) < 4.78 is 0. The Balaban J connectivity index is 3.17. The van der Waals surface area contributed by atoms with Gasteiger partial charge in [0, 0.05) is 19.3 Å². The highest BCUT2D eigenvalue weighted by atomic mass is 16.4. The molecular formula is C28H54O3. The maximum atomic E-state index is 11.8. The zero-order chi connectivity index (χ0) is 23.0. The van der Waals surface area contributed by atoms with Crippen molar-refractivity contribution in [2.24, 2.45) is 5.92 Å². The lowest BCUT2D eigenvalue weighted by molar-refractivity contribution is -0.138. The van der Waals surface area contributed by atoms with Crippen LogP contribution in [-0.4, -0.2) is 16.9 Å². The summed E-state index contributed by atoms with van der Waals surface area (Å²) in [6.07, 6.45) is 28.4. The molecule has 0 heterocycles. The maximum absolute atomic E-state index is 11.8. The highest BCUT2D eigenvalue weighted by molar-refractivity contribution is 5.79. The fraction of sp³-hybridized carbons (Fsp3) is 0.929. The molecule has 3 heteroatoms. The third-order valence-corrected chi connectivity index (χ3v) is 6.41. The quantitative estimate of drug-likeness (QED) is 0.144. The van der Waals surface area contributed by atoms with E-state index in [0.717, 1.165) is 12.8 Å².